The second-order valence-electron chi connectivity index (χ2n) is 7.74. The maximum atomic E-state index is 5.23. The van der Waals surface area contributed by atoms with Crippen LogP contribution in [0, 0.1) is 5.92 Å². The molecule has 4 heterocycles. The van der Waals surface area contributed by atoms with Crippen molar-refractivity contribution in [1.29, 1.82) is 0 Å². The molecule has 4 nitrogen and oxygen atoms in total. The van der Waals surface area contributed by atoms with Gasteiger partial charge in [0.25, 0.3) is 0 Å². The molecule has 3 aliphatic heterocycles. The molecule has 0 saturated carbocycles. The molecule has 2 atom stereocenters. The molecule has 1 aromatic carbocycles. The van der Waals surface area contributed by atoms with E-state index in [1.165, 1.54) is 37.2 Å². The average molecular weight is 364 g/mol. The van der Waals surface area contributed by atoms with Crippen LogP contribution in [0.25, 0.3) is 6.08 Å². The molecule has 27 heavy (non-hydrogen) atoms. The minimum atomic E-state index is 0.660. The average Bonchev–Trinajstić information content (AvgIpc) is 3.00. The number of hydrogen-bond donors (Lipinski definition) is 0. The second-order valence-corrected chi connectivity index (χ2v) is 7.74. The van der Waals surface area contributed by atoms with Crippen LogP contribution < -0.4 is 4.74 Å². The van der Waals surface area contributed by atoms with Crippen molar-refractivity contribution in [1.82, 2.24) is 14.8 Å². The molecule has 2 bridgehead atoms. The summed E-state index contributed by atoms with van der Waals surface area (Å²) in [5.74, 6) is 1.69. The van der Waals surface area contributed by atoms with Crippen LogP contribution in [0.3, 0.4) is 0 Å². The highest BCUT2D eigenvalue weighted by atomic mass is 16.5. The fraction of sp³-hybridized carbons (Fsp3) is 0.435. The molecule has 0 aliphatic carbocycles. The summed E-state index contributed by atoms with van der Waals surface area (Å²) in [6.45, 7) is 5.58. The number of methoxy groups -OCH3 is 1. The minimum Gasteiger partial charge on any atom is -0.497 e. The number of nitrogens with zero attached hydrogens (tertiary/aromatic N) is 3. The van der Waals surface area contributed by atoms with Crippen molar-refractivity contribution < 1.29 is 4.74 Å². The first-order valence-corrected chi connectivity index (χ1v) is 9.97. The van der Waals surface area contributed by atoms with Crippen LogP contribution >= 0.6 is 0 Å². The number of aromatic nitrogens is 1. The first kappa shape index (κ1) is 18.2. The number of pyridine rings is 1. The smallest absolute Gasteiger partial charge is 0.118 e. The zero-order chi connectivity index (χ0) is 18.5. The molecule has 0 amide bonds. The summed E-state index contributed by atoms with van der Waals surface area (Å²) in [5, 5.41) is 0. The topological polar surface area (TPSA) is 28.6 Å². The summed E-state index contributed by atoms with van der Waals surface area (Å²) in [4.78, 5) is 9.80. The molecule has 3 fully saturated rings. The Balaban J connectivity index is 1.35. The van der Waals surface area contributed by atoms with Crippen molar-refractivity contribution in [2.45, 2.75) is 25.4 Å². The van der Waals surface area contributed by atoms with Crippen LogP contribution in [-0.2, 0) is 6.54 Å². The predicted octanol–water partition coefficient (Wildman–Crippen LogP) is 3.70. The lowest BCUT2D eigenvalue weighted by atomic mass is 9.95. The van der Waals surface area contributed by atoms with Crippen LogP contribution in [-0.4, -0.2) is 54.1 Å². The zero-order valence-electron chi connectivity index (χ0n) is 16.1. The van der Waals surface area contributed by atoms with Crippen LogP contribution in [0.4, 0.5) is 0 Å². The van der Waals surface area contributed by atoms with Gasteiger partial charge in [0.15, 0.2) is 0 Å². The van der Waals surface area contributed by atoms with Gasteiger partial charge in [-0.15, -0.1) is 0 Å². The van der Waals surface area contributed by atoms with Gasteiger partial charge in [-0.05, 0) is 48.6 Å². The molecule has 0 radical (unpaired) electrons. The lowest BCUT2D eigenvalue weighted by molar-refractivity contribution is 0.146. The van der Waals surface area contributed by atoms with E-state index in [0.717, 1.165) is 31.3 Å². The Morgan fingerprint density at radius 1 is 1.07 bits per heavy atom. The SMILES string of the molecule is COc1ccc(/C=C/CN2C[C@H]3CC[C@@H]2CN(Cc2ccccn2)C3)cc1. The summed E-state index contributed by atoms with van der Waals surface area (Å²) < 4.78 is 5.23. The van der Waals surface area contributed by atoms with Gasteiger partial charge in [0.05, 0.1) is 12.8 Å². The quantitative estimate of drug-likeness (QED) is 0.782. The Kier molecular flexibility index (Phi) is 5.85. The molecule has 1 aromatic heterocycles. The molecule has 3 saturated heterocycles. The van der Waals surface area contributed by atoms with E-state index in [9.17, 15) is 0 Å². The maximum Gasteiger partial charge on any atom is 0.118 e. The van der Waals surface area contributed by atoms with Gasteiger partial charge in [0.2, 0.25) is 0 Å². The summed E-state index contributed by atoms with van der Waals surface area (Å²) in [6, 6.07) is 15.1. The third-order valence-electron chi connectivity index (χ3n) is 5.78. The van der Waals surface area contributed by atoms with E-state index in [-0.39, 0.29) is 0 Å². The number of ether oxygens (including phenoxy) is 1. The fourth-order valence-corrected chi connectivity index (χ4v) is 4.39. The molecule has 0 spiro atoms. The Morgan fingerprint density at radius 2 is 1.96 bits per heavy atom. The van der Waals surface area contributed by atoms with E-state index in [4.69, 9.17) is 4.74 Å². The Labute approximate surface area is 162 Å². The molecule has 0 unspecified atom stereocenters. The number of hydrogen-bond acceptors (Lipinski definition) is 4. The van der Waals surface area contributed by atoms with E-state index in [2.05, 4.69) is 51.2 Å². The van der Waals surface area contributed by atoms with Gasteiger partial charge in [0, 0.05) is 45.0 Å². The van der Waals surface area contributed by atoms with Gasteiger partial charge >= 0.3 is 0 Å². The highest BCUT2D eigenvalue weighted by Gasteiger charge is 2.34. The Hall–Kier alpha value is -2.17. The molecule has 3 aliphatic rings. The van der Waals surface area contributed by atoms with Gasteiger partial charge in [-0.2, -0.15) is 0 Å². The molecular formula is C23H29N3O. The molecule has 142 valence electrons. The summed E-state index contributed by atoms with van der Waals surface area (Å²) in [7, 11) is 1.70. The van der Waals surface area contributed by atoms with Crippen molar-refractivity contribution >= 4 is 6.08 Å². The van der Waals surface area contributed by atoms with Crippen molar-refractivity contribution in [3.05, 3.63) is 66.0 Å². The normalized spacial score (nSPS) is 23.6. The maximum absolute atomic E-state index is 5.23. The molecule has 4 heteroatoms. The second kappa shape index (κ2) is 8.68. The van der Waals surface area contributed by atoms with Gasteiger partial charge < -0.3 is 4.74 Å². The first-order valence-electron chi connectivity index (χ1n) is 9.97. The Bertz CT molecular complexity index is 744. The molecule has 5 rings (SSSR count). The molecule has 0 N–H and O–H groups in total. The zero-order valence-corrected chi connectivity index (χ0v) is 16.1. The van der Waals surface area contributed by atoms with Gasteiger partial charge in [-0.1, -0.05) is 30.4 Å². The van der Waals surface area contributed by atoms with E-state index >= 15 is 0 Å². The third-order valence-corrected chi connectivity index (χ3v) is 5.78. The van der Waals surface area contributed by atoms with Crippen LogP contribution in [0.5, 0.6) is 5.75 Å². The predicted molar refractivity (Wildman–Crippen MR) is 110 cm³/mol. The summed E-state index contributed by atoms with van der Waals surface area (Å²) in [6.07, 6.45) is 9.12. The van der Waals surface area contributed by atoms with Gasteiger partial charge in [-0.3, -0.25) is 14.8 Å². The number of fused-ring (bicyclic) bond motifs is 4. The Morgan fingerprint density at radius 3 is 2.74 bits per heavy atom. The van der Waals surface area contributed by atoms with E-state index in [1.807, 2.05) is 24.4 Å². The standard InChI is InChI=1S/C23H29N3O/c1-27-23-11-8-19(9-12-23)5-4-14-26-16-20-7-10-22(26)18-25(15-20)17-21-6-2-3-13-24-21/h2-6,8-9,11-13,20,22H,7,10,14-18H2,1H3/b5-4+/t20-,22+/m0/s1. The molecule has 2 aromatic rings. The minimum absolute atomic E-state index is 0.660. The van der Waals surface area contributed by atoms with E-state index in [1.54, 1.807) is 7.11 Å². The van der Waals surface area contributed by atoms with E-state index < -0.39 is 0 Å². The van der Waals surface area contributed by atoms with Crippen LogP contribution in [0.15, 0.2) is 54.7 Å². The van der Waals surface area contributed by atoms with Crippen molar-refractivity contribution in [3.63, 3.8) is 0 Å². The van der Waals surface area contributed by atoms with Crippen molar-refractivity contribution in [2.75, 3.05) is 33.3 Å². The monoisotopic (exact) mass is 363 g/mol. The van der Waals surface area contributed by atoms with Crippen molar-refractivity contribution in [3.8, 4) is 5.75 Å². The highest BCUT2D eigenvalue weighted by molar-refractivity contribution is 5.50. The van der Waals surface area contributed by atoms with Crippen LogP contribution in [0.2, 0.25) is 0 Å². The highest BCUT2D eigenvalue weighted by Crippen LogP contribution is 2.28. The number of benzene rings is 1. The van der Waals surface area contributed by atoms with Crippen LogP contribution in [0.1, 0.15) is 24.1 Å². The van der Waals surface area contributed by atoms with Gasteiger partial charge in [-0.25, -0.2) is 0 Å². The van der Waals surface area contributed by atoms with Gasteiger partial charge in [0.1, 0.15) is 5.75 Å². The van der Waals surface area contributed by atoms with Crippen molar-refractivity contribution in [2.24, 2.45) is 5.92 Å². The first-order chi connectivity index (χ1) is 13.3. The summed E-state index contributed by atoms with van der Waals surface area (Å²) in [5.41, 5.74) is 2.41. The molecular weight excluding hydrogens is 334 g/mol. The van der Waals surface area contributed by atoms with E-state index in [0.29, 0.717) is 6.04 Å². The lowest BCUT2D eigenvalue weighted by Gasteiger charge is -2.35. The fourth-order valence-electron chi connectivity index (χ4n) is 4.39. The number of piperidine rings is 1. The lowest BCUT2D eigenvalue weighted by Crippen LogP contribution is -2.43. The third kappa shape index (κ3) is 4.76. The number of rotatable bonds is 6. The summed E-state index contributed by atoms with van der Waals surface area (Å²) >= 11 is 0. The largest absolute Gasteiger partial charge is 0.497 e.